The number of benzene rings is 2. The molecule has 1 aliphatic rings. The molecule has 2 aromatic rings. The van der Waals surface area contributed by atoms with E-state index < -0.39 is 21.1 Å². The highest BCUT2D eigenvalue weighted by atomic mass is 32.2. The van der Waals surface area contributed by atoms with E-state index in [9.17, 15) is 23.6 Å². The molecule has 30 heavy (non-hydrogen) atoms. The quantitative estimate of drug-likeness (QED) is 0.507. The van der Waals surface area contributed by atoms with Gasteiger partial charge in [-0.15, -0.1) is 0 Å². The first-order chi connectivity index (χ1) is 14.3. The first kappa shape index (κ1) is 22.2. The highest BCUT2D eigenvalue weighted by molar-refractivity contribution is 7.92. The first-order valence-electron chi connectivity index (χ1n) is 10.0. The number of hydrogen-bond donors (Lipinski definition) is 1. The van der Waals surface area contributed by atoms with Gasteiger partial charge in [0, 0.05) is 18.7 Å². The summed E-state index contributed by atoms with van der Waals surface area (Å²) in [6.07, 6.45) is 2.35. The van der Waals surface area contributed by atoms with Crippen LogP contribution in [0.5, 0.6) is 0 Å². The second-order valence-corrected chi connectivity index (χ2v) is 9.50. The Kier molecular flexibility index (Phi) is 7.06. The van der Waals surface area contributed by atoms with Crippen LogP contribution in [-0.4, -0.2) is 55.6 Å². The van der Waals surface area contributed by atoms with Crippen LogP contribution in [-0.2, 0) is 10.0 Å². The minimum absolute atomic E-state index is 0.0739. The van der Waals surface area contributed by atoms with Crippen LogP contribution >= 0.6 is 0 Å². The van der Waals surface area contributed by atoms with Crippen LogP contribution in [0.2, 0.25) is 0 Å². The molecule has 0 saturated carbocycles. The van der Waals surface area contributed by atoms with Crippen molar-refractivity contribution in [1.29, 1.82) is 0 Å². The van der Waals surface area contributed by atoms with E-state index >= 15 is 0 Å². The van der Waals surface area contributed by atoms with Gasteiger partial charge in [-0.1, -0.05) is 30.2 Å². The van der Waals surface area contributed by atoms with Crippen LogP contribution in [0.4, 0.5) is 11.4 Å². The summed E-state index contributed by atoms with van der Waals surface area (Å²) in [4.78, 5) is 12.8. The maximum atomic E-state index is 13.4. The zero-order valence-electron chi connectivity index (χ0n) is 17.0. The summed E-state index contributed by atoms with van der Waals surface area (Å²) in [5.41, 5.74) is 0.866. The van der Waals surface area contributed by atoms with Gasteiger partial charge in [-0.25, -0.2) is 8.42 Å². The van der Waals surface area contributed by atoms with E-state index in [2.05, 4.69) is 4.90 Å². The van der Waals surface area contributed by atoms with Crippen LogP contribution in [0.3, 0.4) is 0 Å². The van der Waals surface area contributed by atoms with Crippen LogP contribution < -0.4 is 4.31 Å². The largest absolute Gasteiger partial charge is 0.390 e. The molecule has 0 aliphatic carbocycles. The van der Waals surface area contributed by atoms with Gasteiger partial charge >= 0.3 is 0 Å². The molecule has 0 aromatic heterocycles. The van der Waals surface area contributed by atoms with Gasteiger partial charge in [0.15, 0.2) is 0 Å². The number of nitrogens with zero attached hydrogens (tertiary/aromatic N) is 3. The van der Waals surface area contributed by atoms with E-state index in [4.69, 9.17) is 0 Å². The van der Waals surface area contributed by atoms with Gasteiger partial charge in [-0.2, -0.15) is 0 Å². The number of non-ortho nitro benzene ring substituents is 1. The Balaban J connectivity index is 1.92. The molecule has 1 fully saturated rings. The minimum atomic E-state index is -4.02. The fraction of sp³-hybridized carbons (Fsp3) is 0.429. The number of likely N-dealkylation sites (tertiary alicyclic amines) is 1. The molecular weight excluding hydrogens is 406 g/mol. The topological polar surface area (TPSA) is 104 Å². The van der Waals surface area contributed by atoms with Gasteiger partial charge in [0.1, 0.15) is 0 Å². The zero-order valence-corrected chi connectivity index (χ0v) is 17.8. The van der Waals surface area contributed by atoms with E-state index in [1.807, 2.05) is 6.92 Å². The number of anilines is 1. The molecule has 0 bridgehead atoms. The van der Waals surface area contributed by atoms with E-state index in [1.54, 1.807) is 12.1 Å². The third-order valence-electron chi connectivity index (χ3n) is 5.23. The van der Waals surface area contributed by atoms with Crippen molar-refractivity contribution in [1.82, 2.24) is 4.90 Å². The summed E-state index contributed by atoms with van der Waals surface area (Å²) < 4.78 is 27.8. The Morgan fingerprint density at radius 1 is 1.13 bits per heavy atom. The standard InChI is InChI=1S/C21H27N3O5S/c1-17-8-10-21(11-9-17)30(28,29)23(18-6-5-7-19(14-18)24(26)27)16-20(25)15-22-12-3-2-4-13-22/h5-11,14,20,25H,2-4,12-13,15-16H2,1H3/t20-/m0/s1. The molecule has 9 heteroatoms. The molecule has 0 radical (unpaired) electrons. The Bertz CT molecular complexity index is 972. The van der Waals surface area contributed by atoms with Crippen LogP contribution in [0, 0.1) is 17.0 Å². The highest BCUT2D eigenvalue weighted by Crippen LogP contribution is 2.27. The average Bonchev–Trinajstić information content (AvgIpc) is 2.73. The average molecular weight is 434 g/mol. The van der Waals surface area contributed by atoms with Crippen molar-refractivity contribution in [3.8, 4) is 0 Å². The number of sulfonamides is 1. The molecule has 0 amide bonds. The van der Waals surface area contributed by atoms with E-state index in [1.165, 1.54) is 36.4 Å². The van der Waals surface area contributed by atoms with Gasteiger partial charge in [-0.3, -0.25) is 14.4 Å². The molecule has 8 nitrogen and oxygen atoms in total. The van der Waals surface area contributed by atoms with Crippen molar-refractivity contribution in [2.45, 2.75) is 37.2 Å². The lowest BCUT2D eigenvalue weighted by Gasteiger charge is -2.31. The first-order valence-corrected chi connectivity index (χ1v) is 11.5. The van der Waals surface area contributed by atoms with Crippen molar-refractivity contribution in [2.75, 3.05) is 30.5 Å². The molecule has 1 saturated heterocycles. The van der Waals surface area contributed by atoms with Gasteiger partial charge in [0.05, 0.1) is 28.2 Å². The summed E-state index contributed by atoms with van der Waals surface area (Å²) in [7, 11) is -4.02. The lowest BCUT2D eigenvalue weighted by Crippen LogP contribution is -2.44. The summed E-state index contributed by atoms with van der Waals surface area (Å²) in [5, 5.41) is 21.9. The number of aliphatic hydroxyl groups is 1. The SMILES string of the molecule is Cc1ccc(S(=O)(=O)N(C[C@@H](O)CN2CCCCC2)c2cccc([N+](=O)[O-])c2)cc1. The van der Waals surface area contributed by atoms with Crippen molar-refractivity contribution >= 4 is 21.4 Å². The predicted molar refractivity (Wildman–Crippen MR) is 115 cm³/mol. The predicted octanol–water partition coefficient (Wildman–Crippen LogP) is 2.95. The fourth-order valence-electron chi connectivity index (χ4n) is 3.63. The molecule has 1 heterocycles. The highest BCUT2D eigenvalue weighted by Gasteiger charge is 2.29. The maximum Gasteiger partial charge on any atom is 0.271 e. The number of nitro benzene ring substituents is 1. The van der Waals surface area contributed by atoms with Crippen molar-refractivity contribution in [3.05, 3.63) is 64.2 Å². The molecule has 3 rings (SSSR count). The van der Waals surface area contributed by atoms with E-state index in [0.29, 0.717) is 6.54 Å². The van der Waals surface area contributed by atoms with Gasteiger partial charge in [0.2, 0.25) is 0 Å². The van der Waals surface area contributed by atoms with Crippen LogP contribution in [0.15, 0.2) is 53.4 Å². The van der Waals surface area contributed by atoms with Gasteiger partial charge < -0.3 is 10.0 Å². The number of rotatable bonds is 8. The molecule has 1 atom stereocenters. The molecule has 0 spiro atoms. The number of hydrogen-bond acceptors (Lipinski definition) is 6. The number of aryl methyl sites for hydroxylation is 1. The molecule has 1 aliphatic heterocycles. The Morgan fingerprint density at radius 3 is 2.43 bits per heavy atom. The smallest absolute Gasteiger partial charge is 0.271 e. The lowest BCUT2D eigenvalue weighted by atomic mass is 10.1. The number of aliphatic hydroxyl groups excluding tert-OH is 1. The summed E-state index contributed by atoms with van der Waals surface area (Å²) in [5.74, 6) is 0. The minimum Gasteiger partial charge on any atom is -0.390 e. The Labute approximate surface area is 176 Å². The van der Waals surface area contributed by atoms with Gasteiger partial charge in [0.25, 0.3) is 15.7 Å². The number of nitro groups is 1. The van der Waals surface area contributed by atoms with E-state index in [0.717, 1.165) is 42.2 Å². The summed E-state index contributed by atoms with van der Waals surface area (Å²) in [6.45, 7) is 3.77. The second-order valence-electron chi connectivity index (χ2n) is 7.64. The number of β-amino-alcohol motifs (C(OH)–C–C–N with tert-alkyl or cyclic N) is 1. The van der Waals surface area contributed by atoms with Crippen LogP contribution in [0.1, 0.15) is 24.8 Å². The van der Waals surface area contributed by atoms with E-state index in [-0.39, 0.29) is 22.8 Å². The van der Waals surface area contributed by atoms with Crippen molar-refractivity contribution in [3.63, 3.8) is 0 Å². The third-order valence-corrected chi connectivity index (χ3v) is 7.04. The Morgan fingerprint density at radius 2 is 1.80 bits per heavy atom. The van der Waals surface area contributed by atoms with Crippen molar-refractivity contribution < 1.29 is 18.4 Å². The molecular formula is C21H27N3O5S. The third kappa shape index (κ3) is 5.35. The monoisotopic (exact) mass is 433 g/mol. The molecule has 2 aromatic carbocycles. The summed E-state index contributed by atoms with van der Waals surface area (Å²) >= 11 is 0. The number of piperidine rings is 1. The van der Waals surface area contributed by atoms with Crippen molar-refractivity contribution in [2.24, 2.45) is 0 Å². The zero-order chi connectivity index (χ0) is 21.7. The molecule has 162 valence electrons. The molecule has 0 unspecified atom stereocenters. The normalized spacial score (nSPS) is 16.2. The second kappa shape index (κ2) is 9.55. The van der Waals surface area contributed by atoms with Gasteiger partial charge in [-0.05, 0) is 51.1 Å². The summed E-state index contributed by atoms with van der Waals surface area (Å²) in [6, 6.07) is 11.9. The fourth-order valence-corrected chi connectivity index (χ4v) is 5.12. The van der Waals surface area contributed by atoms with Crippen LogP contribution in [0.25, 0.3) is 0 Å². The lowest BCUT2D eigenvalue weighted by molar-refractivity contribution is -0.384. The molecule has 1 N–H and O–H groups in total. The Hall–Kier alpha value is -2.49. The maximum absolute atomic E-state index is 13.4.